The first kappa shape index (κ1) is 10.5. The molecule has 3 N–H and O–H groups in total. The molecule has 66 valence electrons. The van der Waals surface area contributed by atoms with Gasteiger partial charge in [-0.3, -0.25) is 0 Å². The van der Waals surface area contributed by atoms with E-state index in [0.717, 1.165) is 5.57 Å². The van der Waals surface area contributed by atoms with Crippen LogP contribution in [0.25, 0.3) is 0 Å². The van der Waals surface area contributed by atoms with Gasteiger partial charge in [0, 0.05) is 17.5 Å². The fourth-order valence-electron chi connectivity index (χ4n) is 0.620. The highest BCUT2D eigenvalue weighted by Crippen LogP contribution is 2.06. The van der Waals surface area contributed by atoms with Crippen molar-refractivity contribution in [3.63, 3.8) is 0 Å². The van der Waals surface area contributed by atoms with E-state index in [4.69, 9.17) is 5.73 Å². The summed E-state index contributed by atoms with van der Waals surface area (Å²) < 4.78 is 0. The van der Waals surface area contributed by atoms with E-state index in [2.05, 4.69) is 23.5 Å². The molecule has 0 spiro atoms. The Bertz CT molecular complexity index is 236. The van der Waals surface area contributed by atoms with Crippen LogP contribution in [0.3, 0.4) is 0 Å². The van der Waals surface area contributed by atoms with E-state index in [1.165, 1.54) is 0 Å². The van der Waals surface area contributed by atoms with Crippen LogP contribution in [0.15, 0.2) is 41.4 Å². The number of nitrogens with one attached hydrogen (secondary N) is 1. The lowest BCUT2D eigenvalue weighted by atomic mass is 10.2. The Morgan fingerprint density at radius 3 is 2.50 bits per heavy atom. The minimum Gasteiger partial charge on any atom is -0.399 e. The van der Waals surface area contributed by atoms with Gasteiger partial charge in [-0.1, -0.05) is 13.2 Å². The maximum atomic E-state index is 5.50. The second-order valence-corrected chi connectivity index (χ2v) is 2.23. The summed E-state index contributed by atoms with van der Waals surface area (Å²) >= 11 is 0. The zero-order chi connectivity index (χ0) is 9.56. The van der Waals surface area contributed by atoms with Crippen molar-refractivity contribution in [1.29, 1.82) is 0 Å². The summed E-state index contributed by atoms with van der Waals surface area (Å²) in [4.78, 5) is 4.07. The third-order valence-corrected chi connectivity index (χ3v) is 1.33. The number of allylic oxidation sites excluding steroid dienone is 1. The summed E-state index contributed by atoms with van der Waals surface area (Å²) in [6.45, 7) is 10.8. The van der Waals surface area contributed by atoms with Crippen molar-refractivity contribution in [2.75, 3.05) is 0 Å². The molecular formula is C9H15N3. The van der Waals surface area contributed by atoms with Crippen molar-refractivity contribution >= 4 is 6.21 Å². The molecule has 0 aliphatic carbocycles. The third-order valence-electron chi connectivity index (χ3n) is 1.33. The van der Waals surface area contributed by atoms with Gasteiger partial charge < -0.3 is 11.1 Å². The van der Waals surface area contributed by atoms with E-state index in [0.29, 0.717) is 11.5 Å². The predicted molar refractivity (Wildman–Crippen MR) is 53.5 cm³/mol. The Morgan fingerprint density at radius 1 is 1.58 bits per heavy atom. The summed E-state index contributed by atoms with van der Waals surface area (Å²) in [5.74, 6) is 0.681. The molecule has 0 bridgehead atoms. The average molecular weight is 165 g/mol. The van der Waals surface area contributed by atoms with Crippen molar-refractivity contribution in [1.82, 2.24) is 5.32 Å². The summed E-state index contributed by atoms with van der Waals surface area (Å²) in [5, 5.41) is 2.87. The van der Waals surface area contributed by atoms with Crippen molar-refractivity contribution in [2.24, 2.45) is 10.7 Å². The molecule has 0 fully saturated rings. The van der Waals surface area contributed by atoms with Gasteiger partial charge in [0.2, 0.25) is 0 Å². The van der Waals surface area contributed by atoms with Gasteiger partial charge in [-0.15, -0.1) is 0 Å². The molecule has 0 radical (unpaired) electrons. The van der Waals surface area contributed by atoms with Gasteiger partial charge in [0.15, 0.2) is 0 Å². The van der Waals surface area contributed by atoms with Crippen molar-refractivity contribution in [3.8, 4) is 0 Å². The number of nitrogens with two attached hydrogens (primary N) is 1. The van der Waals surface area contributed by atoms with Crippen molar-refractivity contribution in [2.45, 2.75) is 13.8 Å². The van der Waals surface area contributed by atoms with Crippen molar-refractivity contribution in [3.05, 3.63) is 36.4 Å². The normalized spacial score (nSPS) is 12.5. The molecule has 0 saturated carbocycles. The molecule has 12 heavy (non-hydrogen) atoms. The number of nitrogens with zero attached hydrogens (tertiary/aromatic N) is 1. The summed E-state index contributed by atoms with van der Waals surface area (Å²) in [6, 6.07) is 0. The van der Waals surface area contributed by atoms with Crippen LogP contribution >= 0.6 is 0 Å². The van der Waals surface area contributed by atoms with Crippen LogP contribution in [-0.2, 0) is 0 Å². The van der Waals surface area contributed by atoms with Gasteiger partial charge in [-0.25, -0.2) is 4.99 Å². The van der Waals surface area contributed by atoms with Crippen LogP contribution in [0.2, 0.25) is 0 Å². The molecule has 0 amide bonds. The Balaban J connectivity index is 4.78. The molecule has 3 nitrogen and oxygen atoms in total. The molecule has 0 aromatic heterocycles. The molecule has 0 rings (SSSR count). The quantitative estimate of drug-likeness (QED) is 0.490. The summed E-state index contributed by atoms with van der Waals surface area (Å²) in [7, 11) is 0. The molecule has 0 aromatic rings. The maximum absolute atomic E-state index is 5.50. The van der Waals surface area contributed by atoms with Gasteiger partial charge in [-0.2, -0.15) is 0 Å². The zero-order valence-corrected chi connectivity index (χ0v) is 7.59. The van der Waals surface area contributed by atoms with Crippen molar-refractivity contribution < 1.29 is 0 Å². The van der Waals surface area contributed by atoms with E-state index in [-0.39, 0.29) is 0 Å². The van der Waals surface area contributed by atoms with Crippen LogP contribution in [0.1, 0.15) is 13.8 Å². The standard InChI is InChI=1S/C9H15N3/c1-5-11-9(12-6-2)7(3)8(4)10/h5-6,11H,1,4,10H2,2-3H3/b9-7-,12-6?. The predicted octanol–water partition coefficient (Wildman–Crippen LogP) is 1.51. The van der Waals surface area contributed by atoms with E-state index >= 15 is 0 Å². The fourth-order valence-corrected chi connectivity index (χ4v) is 0.620. The lowest BCUT2D eigenvalue weighted by Crippen LogP contribution is -2.08. The molecule has 0 aromatic carbocycles. The first-order valence-corrected chi connectivity index (χ1v) is 3.65. The second kappa shape index (κ2) is 5.18. The molecule has 3 heteroatoms. The van der Waals surface area contributed by atoms with Crippen LogP contribution in [0, 0.1) is 0 Å². The molecule has 0 aliphatic heterocycles. The van der Waals surface area contributed by atoms with E-state index in [1.807, 2.05) is 13.8 Å². The topological polar surface area (TPSA) is 50.4 Å². The van der Waals surface area contributed by atoms with E-state index in [9.17, 15) is 0 Å². The second-order valence-electron chi connectivity index (χ2n) is 2.23. The largest absolute Gasteiger partial charge is 0.399 e. The smallest absolute Gasteiger partial charge is 0.134 e. The number of rotatable bonds is 4. The van der Waals surface area contributed by atoms with E-state index < -0.39 is 0 Å². The lowest BCUT2D eigenvalue weighted by Gasteiger charge is -2.06. The van der Waals surface area contributed by atoms with Gasteiger partial charge in [0.1, 0.15) is 5.82 Å². The third kappa shape index (κ3) is 3.05. The number of aliphatic imine (C=N–C) groups is 1. The Labute approximate surface area is 73.4 Å². The first-order chi connectivity index (χ1) is 5.63. The van der Waals surface area contributed by atoms with Crippen LogP contribution in [0.5, 0.6) is 0 Å². The molecule has 0 saturated heterocycles. The zero-order valence-electron chi connectivity index (χ0n) is 7.59. The monoisotopic (exact) mass is 165 g/mol. The molecule has 0 atom stereocenters. The fraction of sp³-hybridized carbons (Fsp3) is 0.222. The SMILES string of the molecule is C=CN/C(N=CC)=C(\C)C(=C)N. The summed E-state index contributed by atoms with van der Waals surface area (Å²) in [6.07, 6.45) is 3.23. The van der Waals surface area contributed by atoms with Gasteiger partial charge in [0.05, 0.1) is 0 Å². The number of hydrogen-bond donors (Lipinski definition) is 2. The summed E-state index contributed by atoms with van der Waals surface area (Å²) in [5.41, 5.74) is 6.83. The minimum atomic E-state index is 0.505. The Morgan fingerprint density at radius 2 is 2.17 bits per heavy atom. The highest BCUT2D eigenvalue weighted by molar-refractivity contribution is 5.56. The maximum Gasteiger partial charge on any atom is 0.134 e. The van der Waals surface area contributed by atoms with Crippen LogP contribution < -0.4 is 11.1 Å². The minimum absolute atomic E-state index is 0.505. The highest BCUT2D eigenvalue weighted by atomic mass is 15.0. The number of hydrogen-bond acceptors (Lipinski definition) is 3. The van der Waals surface area contributed by atoms with Gasteiger partial charge in [0.25, 0.3) is 0 Å². The molecule has 0 heterocycles. The molecule has 0 unspecified atom stereocenters. The Kier molecular flexibility index (Phi) is 4.53. The van der Waals surface area contributed by atoms with E-state index in [1.54, 1.807) is 12.4 Å². The first-order valence-electron chi connectivity index (χ1n) is 3.65. The van der Waals surface area contributed by atoms with Gasteiger partial charge >= 0.3 is 0 Å². The van der Waals surface area contributed by atoms with Crippen LogP contribution in [-0.4, -0.2) is 6.21 Å². The highest BCUT2D eigenvalue weighted by Gasteiger charge is 1.98. The van der Waals surface area contributed by atoms with Gasteiger partial charge in [-0.05, 0) is 20.0 Å². The lowest BCUT2D eigenvalue weighted by molar-refractivity contribution is 0.993. The molecule has 0 aliphatic rings. The molecular weight excluding hydrogens is 150 g/mol. The Hall–Kier alpha value is -1.51. The van der Waals surface area contributed by atoms with Crippen LogP contribution in [0.4, 0.5) is 0 Å². The average Bonchev–Trinajstić information content (AvgIpc) is 2.03.